The fourth-order valence-corrected chi connectivity index (χ4v) is 2.61. The molecule has 0 aliphatic rings. The van der Waals surface area contributed by atoms with E-state index in [0.717, 1.165) is 11.1 Å². The molecule has 0 radical (unpaired) electrons. The van der Waals surface area contributed by atoms with E-state index in [-0.39, 0.29) is 12.5 Å². The van der Waals surface area contributed by atoms with Crippen LogP contribution in [0.5, 0.6) is 0 Å². The van der Waals surface area contributed by atoms with E-state index in [1.807, 2.05) is 61.5 Å². The maximum atomic E-state index is 11.8. The molecule has 2 aromatic rings. The molecule has 0 aliphatic carbocycles. The number of hydrogen-bond donors (Lipinski definition) is 2. The molecule has 2 aromatic carbocycles. The van der Waals surface area contributed by atoms with Gasteiger partial charge in [-0.15, -0.1) is 0 Å². The van der Waals surface area contributed by atoms with Crippen molar-refractivity contribution < 1.29 is 4.79 Å². The molecule has 1 unspecified atom stereocenters. The van der Waals surface area contributed by atoms with Gasteiger partial charge in [0.2, 0.25) is 5.91 Å². The Bertz CT molecular complexity index is 615. The van der Waals surface area contributed by atoms with Crippen molar-refractivity contribution in [1.29, 1.82) is 0 Å². The summed E-state index contributed by atoms with van der Waals surface area (Å²) in [6.07, 6.45) is 0.600. The predicted octanol–water partition coefficient (Wildman–Crippen LogP) is 2.87. The van der Waals surface area contributed by atoms with E-state index in [0.29, 0.717) is 11.4 Å². The largest absolute Gasteiger partial charge is 0.345 e. The monoisotopic (exact) mass is 302 g/mol. The maximum absolute atomic E-state index is 11.8. The number of carbonyl (C=O) groups excluding carboxylic acids is 1. The van der Waals surface area contributed by atoms with Gasteiger partial charge in [-0.1, -0.05) is 60.1 Å². The highest BCUT2D eigenvalue weighted by atomic mass is 35.5. The molecule has 4 heteroatoms. The third kappa shape index (κ3) is 3.84. The van der Waals surface area contributed by atoms with Crippen LogP contribution in [-0.2, 0) is 16.8 Å². The van der Waals surface area contributed by atoms with Crippen LogP contribution >= 0.6 is 11.6 Å². The summed E-state index contributed by atoms with van der Waals surface area (Å²) in [7, 11) is 0. The second kappa shape index (κ2) is 6.74. The molecule has 0 heterocycles. The van der Waals surface area contributed by atoms with Gasteiger partial charge in [0.1, 0.15) is 0 Å². The minimum atomic E-state index is -0.553. The SMILES string of the molecule is CC(Cc1ccccc1Cl)(NC(=O)CN)c1ccccc1. The number of hydrogen-bond acceptors (Lipinski definition) is 2. The van der Waals surface area contributed by atoms with Gasteiger partial charge in [0, 0.05) is 11.4 Å². The van der Waals surface area contributed by atoms with Crippen molar-refractivity contribution in [2.75, 3.05) is 6.54 Å². The first-order valence-corrected chi connectivity index (χ1v) is 7.23. The first kappa shape index (κ1) is 15.5. The first-order valence-electron chi connectivity index (χ1n) is 6.85. The molecule has 0 aliphatic heterocycles. The molecule has 2 rings (SSSR count). The standard InChI is InChI=1S/C17H19ClN2O/c1-17(20-16(21)12-19,14-8-3-2-4-9-14)11-13-7-5-6-10-15(13)18/h2-10H,11-12,19H2,1H3,(H,20,21). The number of benzene rings is 2. The highest BCUT2D eigenvalue weighted by molar-refractivity contribution is 6.31. The van der Waals surface area contributed by atoms with Crippen LogP contribution in [0.4, 0.5) is 0 Å². The second-order valence-electron chi connectivity index (χ2n) is 5.22. The predicted molar refractivity (Wildman–Crippen MR) is 86.1 cm³/mol. The lowest BCUT2D eigenvalue weighted by atomic mass is 9.85. The van der Waals surface area contributed by atoms with Gasteiger partial charge in [-0.3, -0.25) is 4.79 Å². The van der Waals surface area contributed by atoms with Crippen molar-refractivity contribution in [2.24, 2.45) is 5.73 Å². The van der Waals surface area contributed by atoms with Crippen LogP contribution in [0.1, 0.15) is 18.1 Å². The second-order valence-corrected chi connectivity index (χ2v) is 5.63. The normalized spacial score (nSPS) is 13.5. The van der Waals surface area contributed by atoms with Gasteiger partial charge in [-0.2, -0.15) is 0 Å². The van der Waals surface area contributed by atoms with E-state index >= 15 is 0 Å². The summed E-state index contributed by atoms with van der Waals surface area (Å²) in [4.78, 5) is 11.8. The highest BCUT2D eigenvalue weighted by Gasteiger charge is 2.29. The Balaban J connectivity index is 2.37. The van der Waals surface area contributed by atoms with Crippen LogP contribution in [0.15, 0.2) is 54.6 Å². The van der Waals surface area contributed by atoms with Gasteiger partial charge in [0.25, 0.3) is 0 Å². The zero-order valence-electron chi connectivity index (χ0n) is 12.0. The number of rotatable bonds is 5. The van der Waals surface area contributed by atoms with Crippen molar-refractivity contribution in [3.8, 4) is 0 Å². The summed E-state index contributed by atoms with van der Waals surface area (Å²) in [5.41, 5.74) is 6.90. The van der Waals surface area contributed by atoms with Gasteiger partial charge in [-0.05, 0) is 24.1 Å². The van der Waals surface area contributed by atoms with E-state index in [4.69, 9.17) is 17.3 Å². The Hall–Kier alpha value is -1.84. The van der Waals surface area contributed by atoms with E-state index < -0.39 is 5.54 Å². The number of halogens is 1. The smallest absolute Gasteiger partial charge is 0.234 e. The van der Waals surface area contributed by atoms with Gasteiger partial charge in [-0.25, -0.2) is 0 Å². The topological polar surface area (TPSA) is 55.1 Å². The molecule has 21 heavy (non-hydrogen) atoms. The summed E-state index contributed by atoms with van der Waals surface area (Å²) < 4.78 is 0. The average molecular weight is 303 g/mol. The molecule has 0 saturated carbocycles. The summed E-state index contributed by atoms with van der Waals surface area (Å²) in [6.45, 7) is 1.95. The number of carbonyl (C=O) groups is 1. The zero-order chi connectivity index (χ0) is 15.3. The Morgan fingerprint density at radius 2 is 1.76 bits per heavy atom. The maximum Gasteiger partial charge on any atom is 0.234 e. The van der Waals surface area contributed by atoms with Crippen LogP contribution in [0.2, 0.25) is 5.02 Å². The van der Waals surface area contributed by atoms with Gasteiger partial charge in [0.05, 0.1) is 12.1 Å². The van der Waals surface area contributed by atoms with Gasteiger partial charge in [0.15, 0.2) is 0 Å². The molecule has 110 valence electrons. The van der Waals surface area contributed by atoms with E-state index in [1.165, 1.54) is 0 Å². The molecule has 0 fully saturated rings. The molecular formula is C17H19ClN2O. The minimum absolute atomic E-state index is 0.0368. The molecule has 1 amide bonds. The van der Waals surface area contributed by atoms with E-state index in [2.05, 4.69) is 5.32 Å². The lowest BCUT2D eigenvalue weighted by molar-refractivity contribution is -0.121. The van der Waals surface area contributed by atoms with E-state index in [1.54, 1.807) is 0 Å². The van der Waals surface area contributed by atoms with Crippen LogP contribution < -0.4 is 11.1 Å². The fraction of sp³-hybridized carbons (Fsp3) is 0.235. The summed E-state index contributed by atoms with van der Waals surface area (Å²) in [5.74, 6) is -0.187. The zero-order valence-corrected chi connectivity index (χ0v) is 12.7. The Labute approximate surface area is 130 Å². The van der Waals surface area contributed by atoms with Crippen molar-refractivity contribution >= 4 is 17.5 Å². The molecular weight excluding hydrogens is 284 g/mol. The van der Waals surface area contributed by atoms with Crippen LogP contribution in [-0.4, -0.2) is 12.5 Å². The average Bonchev–Trinajstić information content (AvgIpc) is 2.50. The quantitative estimate of drug-likeness (QED) is 0.892. The molecule has 3 nitrogen and oxygen atoms in total. The molecule has 0 bridgehead atoms. The van der Waals surface area contributed by atoms with Crippen molar-refractivity contribution in [3.05, 3.63) is 70.7 Å². The van der Waals surface area contributed by atoms with Crippen LogP contribution in [0, 0.1) is 0 Å². The molecule has 1 atom stereocenters. The highest BCUT2D eigenvalue weighted by Crippen LogP contribution is 2.28. The number of nitrogens with two attached hydrogens (primary N) is 1. The molecule has 3 N–H and O–H groups in total. The lowest BCUT2D eigenvalue weighted by Crippen LogP contribution is -2.47. The summed E-state index contributed by atoms with van der Waals surface area (Å²) >= 11 is 6.25. The minimum Gasteiger partial charge on any atom is -0.345 e. The fourth-order valence-electron chi connectivity index (χ4n) is 2.41. The Morgan fingerprint density at radius 1 is 1.14 bits per heavy atom. The van der Waals surface area contributed by atoms with Crippen molar-refractivity contribution in [3.63, 3.8) is 0 Å². The molecule has 0 saturated heterocycles. The third-order valence-corrected chi connectivity index (χ3v) is 3.88. The van der Waals surface area contributed by atoms with E-state index in [9.17, 15) is 4.79 Å². The molecule has 0 spiro atoms. The third-order valence-electron chi connectivity index (χ3n) is 3.51. The van der Waals surface area contributed by atoms with Gasteiger partial charge >= 0.3 is 0 Å². The van der Waals surface area contributed by atoms with Crippen molar-refractivity contribution in [1.82, 2.24) is 5.32 Å². The Morgan fingerprint density at radius 3 is 2.38 bits per heavy atom. The van der Waals surface area contributed by atoms with Crippen molar-refractivity contribution in [2.45, 2.75) is 18.9 Å². The number of nitrogens with one attached hydrogen (secondary N) is 1. The first-order chi connectivity index (χ1) is 10.0. The Kier molecular flexibility index (Phi) is 4.99. The van der Waals surface area contributed by atoms with Gasteiger partial charge < -0.3 is 11.1 Å². The lowest BCUT2D eigenvalue weighted by Gasteiger charge is -2.32. The summed E-state index contributed by atoms with van der Waals surface area (Å²) in [6, 6.07) is 17.5. The summed E-state index contributed by atoms with van der Waals surface area (Å²) in [5, 5.41) is 3.71. The number of amides is 1. The van der Waals surface area contributed by atoms with Crippen LogP contribution in [0.3, 0.4) is 0 Å². The van der Waals surface area contributed by atoms with Crippen LogP contribution in [0.25, 0.3) is 0 Å². The molecule has 0 aromatic heterocycles.